The number of hydrogen-bond donors (Lipinski definition) is 1. The van der Waals surface area contributed by atoms with E-state index in [1.807, 2.05) is 6.07 Å². The second kappa shape index (κ2) is 4.19. The largest absolute Gasteiger partial charge is 0.243 e. The van der Waals surface area contributed by atoms with Gasteiger partial charge in [-0.05, 0) is 23.8 Å². The maximum Gasteiger partial charge on any atom is 0.147 e. The van der Waals surface area contributed by atoms with Crippen LogP contribution in [-0.4, -0.2) is 10.7 Å². The highest BCUT2D eigenvalue weighted by molar-refractivity contribution is 7.80. The van der Waals surface area contributed by atoms with E-state index in [2.05, 4.69) is 17.6 Å². The first-order valence-electron chi connectivity index (χ1n) is 3.15. The van der Waals surface area contributed by atoms with Crippen molar-refractivity contribution in [1.29, 1.82) is 0 Å². The molecule has 0 aliphatic rings. The average molecular weight is 208 g/mol. The molecule has 0 N–H and O–H groups in total. The zero-order valence-electron chi connectivity index (χ0n) is 5.72. The fourth-order valence-corrected chi connectivity index (χ4v) is 1.28. The molecule has 1 aromatic rings. The van der Waals surface area contributed by atoms with Crippen LogP contribution in [0, 0.1) is 0 Å². The van der Waals surface area contributed by atoms with E-state index in [4.69, 9.17) is 23.2 Å². The zero-order valence-corrected chi connectivity index (χ0v) is 8.13. The Balaban J connectivity index is 2.86. The molecule has 1 aromatic heterocycles. The van der Waals surface area contributed by atoms with Crippen LogP contribution in [0.5, 0.6) is 0 Å². The molecule has 0 aliphatic carbocycles. The summed E-state index contributed by atoms with van der Waals surface area (Å²) in [6.45, 7) is 0. The Morgan fingerprint density at radius 1 is 1.45 bits per heavy atom. The van der Waals surface area contributed by atoms with E-state index in [9.17, 15) is 0 Å². The van der Waals surface area contributed by atoms with Gasteiger partial charge >= 0.3 is 0 Å². The van der Waals surface area contributed by atoms with Gasteiger partial charge in [0.05, 0.1) is 5.02 Å². The highest BCUT2D eigenvalue weighted by Gasteiger charge is 1.99. The fourth-order valence-electron chi connectivity index (χ4n) is 0.727. The van der Waals surface area contributed by atoms with Crippen molar-refractivity contribution in [1.82, 2.24) is 4.98 Å². The Labute approximate surface area is 81.1 Å². The molecule has 0 fully saturated rings. The van der Waals surface area contributed by atoms with E-state index in [1.165, 1.54) is 0 Å². The number of halogens is 2. The summed E-state index contributed by atoms with van der Waals surface area (Å²) in [6.07, 6.45) is 2.58. The minimum atomic E-state index is 0.356. The van der Waals surface area contributed by atoms with Gasteiger partial charge in [-0.15, -0.1) is 0 Å². The number of nitrogens with zero attached hydrogens (tertiary/aromatic N) is 1. The van der Waals surface area contributed by atoms with Crippen LogP contribution >= 0.6 is 35.8 Å². The highest BCUT2D eigenvalue weighted by atomic mass is 35.5. The first-order valence-corrected chi connectivity index (χ1v) is 4.53. The lowest BCUT2D eigenvalue weighted by atomic mass is 10.2. The Morgan fingerprint density at radius 2 is 2.18 bits per heavy atom. The molecule has 11 heavy (non-hydrogen) atoms. The molecule has 4 heteroatoms. The van der Waals surface area contributed by atoms with Crippen LogP contribution in [0.2, 0.25) is 10.2 Å². The summed E-state index contributed by atoms with van der Waals surface area (Å²) in [7, 11) is 0. The van der Waals surface area contributed by atoms with Crippen molar-refractivity contribution < 1.29 is 0 Å². The van der Waals surface area contributed by atoms with Gasteiger partial charge in [0.1, 0.15) is 5.15 Å². The van der Waals surface area contributed by atoms with Crippen molar-refractivity contribution in [2.75, 3.05) is 5.75 Å². The fraction of sp³-hybridized carbons (Fsp3) is 0.286. The summed E-state index contributed by atoms with van der Waals surface area (Å²) in [6, 6.07) is 1.81. The van der Waals surface area contributed by atoms with Crippen molar-refractivity contribution in [2.45, 2.75) is 6.42 Å². The molecule has 1 nitrogen and oxygen atoms in total. The SMILES string of the molecule is SCCc1cnc(Cl)c(Cl)c1. The van der Waals surface area contributed by atoms with Gasteiger partial charge in [-0.1, -0.05) is 23.2 Å². The second-order valence-corrected chi connectivity index (χ2v) is 3.30. The van der Waals surface area contributed by atoms with E-state index in [0.717, 1.165) is 17.7 Å². The smallest absolute Gasteiger partial charge is 0.147 e. The van der Waals surface area contributed by atoms with Gasteiger partial charge in [-0.3, -0.25) is 0 Å². The van der Waals surface area contributed by atoms with Crippen LogP contribution in [0.3, 0.4) is 0 Å². The van der Waals surface area contributed by atoms with Gasteiger partial charge in [-0.2, -0.15) is 12.6 Å². The molecule has 0 aliphatic heterocycles. The van der Waals surface area contributed by atoms with Crippen molar-refractivity contribution in [2.24, 2.45) is 0 Å². The van der Waals surface area contributed by atoms with Gasteiger partial charge < -0.3 is 0 Å². The molecule has 0 amide bonds. The summed E-state index contributed by atoms with van der Waals surface area (Å²) in [5.74, 6) is 0.791. The van der Waals surface area contributed by atoms with Gasteiger partial charge in [0.2, 0.25) is 0 Å². The standard InChI is InChI=1S/C7H7Cl2NS/c8-6-3-5(1-2-11)4-10-7(6)9/h3-4,11H,1-2H2. The quantitative estimate of drug-likeness (QED) is 0.582. The van der Waals surface area contributed by atoms with E-state index in [-0.39, 0.29) is 0 Å². The number of thiol groups is 1. The Morgan fingerprint density at radius 3 is 2.73 bits per heavy atom. The van der Waals surface area contributed by atoms with Gasteiger partial charge in [0.25, 0.3) is 0 Å². The summed E-state index contributed by atoms with van der Waals surface area (Å²) in [4.78, 5) is 3.90. The molecule has 0 atom stereocenters. The lowest BCUT2D eigenvalue weighted by Gasteiger charge is -1.98. The first-order chi connectivity index (χ1) is 5.24. The first kappa shape index (κ1) is 9.17. The number of rotatable bonds is 2. The van der Waals surface area contributed by atoms with Crippen molar-refractivity contribution >= 4 is 35.8 Å². The minimum Gasteiger partial charge on any atom is -0.243 e. The molecule has 0 radical (unpaired) electrons. The van der Waals surface area contributed by atoms with Gasteiger partial charge in [0.15, 0.2) is 0 Å². The molecular formula is C7H7Cl2NS. The zero-order chi connectivity index (χ0) is 8.27. The Hall–Kier alpha value is 0.0800. The maximum atomic E-state index is 5.73. The van der Waals surface area contributed by atoms with Crippen molar-refractivity contribution in [3.05, 3.63) is 28.0 Å². The summed E-state index contributed by atoms with van der Waals surface area (Å²) < 4.78 is 0. The summed E-state index contributed by atoms with van der Waals surface area (Å²) in [5, 5.41) is 0.862. The van der Waals surface area contributed by atoms with Crippen LogP contribution in [-0.2, 0) is 6.42 Å². The van der Waals surface area contributed by atoms with Crippen LogP contribution in [0.1, 0.15) is 5.56 Å². The minimum absolute atomic E-state index is 0.356. The second-order valence-electron chi connectivity index (χ2n) is 2.09. The monoisotopic (exact) mass is 207 g/mol. The average Bonchev–Trinajstić information content (AvgIpc) is 1.98. The van der Waals surface area contributed by atoms with Crippen LogP contribution < -0.4 is 0 Å². The third-order valence-corrected chi connectivity index (χ3v) is 2.16. The molecule has 0 saturated carbocycles. The number of pyridine rings is 1. The van der Waals surface area contributed by atoms with Crippen LogP contribution in [0.25, 0.3) is 0 Å². The van der Waals surface area contributed by atoms with E-state index < -0.39 is 0 Å². The summed E-state index contributed by atoms with van der Waals surface area (Å²) in [5.41, 5.74) is 1.06. The normalized spacial score (nSPS) is 10.1. The Kier molecular flexibility index (Phi) is 3.49. The predicted molar refractivity (Wildman–Crippen MR) is 51.8 cm³/mol. The number of aryl methyl sites for hydroxylation is 1. The van der Waals surface area contributed by atoms with Gasteiger partial charge in [0, 0.05) is 6.20 Å². The highest BCUT2D eigenvalue weighted by Crippen LogP contribution is 2.19. The van der Waals surface area contributed by atoms with E-state index >= 15 is 0 Å². The van der Waals surface area contributed by atoms with E-state index in [0.29, 0.717) is 10.2 Å². The maximum absolute atomic E-state index is 5.73. The van der Waals surface area contributed by atoms with Crippen LogP contribution in [0.15, 0.2) is 12.3 Å². The third kappa shape index (κ3) is 2.55. The van der Waals surface area contributed by atoms with E-state index in [1.54, 1.807) is 6.20 Å². The molecule has 0 aromatic carbocycles. The molecule has 1 rings (SSSR count). The third-order valence-electron chi connectivity index (χ3n) is 1.25. The predicted octanol–water partition coefficient (Wildman–Crippen LogP) is 2.86. The number of aromatic nitrogens is 1. The molecule has 0 bridgehead atoms. The Bertz CT molecular complexity index is 252. The molecule has 0 saturated heterocycles. The van der Waals surface area contributed by atoms with Crippen molar-refractivity contribution in [3.63, 3.8) is 0 Å². The topological polar surface area (TPSA) is 12.9 Å². The van der Waals surface area contributed by atoms with Crippen LogP contribution in [0.4, 0.5) is 0 Å². The molecule has 0 spiro atoms. The van der Waals surface area contributed by atoms with Gasteiger partial charge in [-0.25, -0.2) is 4.98 Å². The molecule has 0 unspecified atom stereocenters. The van der Waals surface area contributed by atoms with Crippen molar-refractivity contribution in [3.8, 4) is 0 Å². The summed E-state index contributed by atoms with van der Waals surface area (Å²) >= 11 is 15.4. The number of hydrogen-bond acceptors (Lipinski definition) is 2. The molecule has 1 heterocycles. The molecular weight excluding hydrogens is 201 g/mol. The molecule has 60 valence electrons. The lowest BCUT2D eigenvalue weighted by molar-refractivity contribution is 1.12. The lowest BCUT2D eigenvalue weighted by Crippen LogP contribution is -1.88.